The van der Waals surface area contributed by atoms with Crippen LogP contribution in [0.5, 0.6) is 11.5 Å². The fourth-order valence-electron chi connectivity index (χ4n) is 2.22. The van der Waals surface area contributed by atoms with Gasteiger partial charge in [0.15, 0.2) is 11.5 Å². The molecule has 25 heavy (non-hydrogen) atoms. The van der Waals surface area contributed by atoms with Crippen LogP contribution in [0, 0.1) is 0 Å². The minimum absolute atomic E-state index is 0.117. The van der Waals surface area contributed by atoms with Gasteiger partial charge >= 0.3 is 6.61 Å². The summed E-state index contributed by atoms with van der Waals surface area (Å²) in [6.45, 7) is -2.16. The molecule has 0 atom stereocenters. The first-order chi connectivity index (χ1) is 12.0. The first-order valence-electron chi connectivity index (χ1n) is 7.48. The molecule has 2 rings (SSSR count). The van der Waals surface area contributed by atoms with Crippen molar-refractivity contribution in [1.82, 2.24) is 4.90 Å². The van der Waals surface area contributed by atoms with E-state index in [0.717, 1.165) is 0 Å². The zero-order chi connectivity index (χ0) is 18.2. The summed E-state index contributed by atoms with van der Waals surface area (Å²) in [6.07, 6.45) is 1.51. The van der Waals surface area contributed by atoms with Crippen LogP contribution >= 0.6 is 0 Å². The van der Waals surface area contributed by atoms with Gasteiger partial charge in [-0.1, -0.05) is 0 Å². The minimum Gasteiger partial charge on any atom is -0.493 e. The molecule has 1 amide bonds. The van der Waals surface area contributed by atoms with E-state index in [-0.39, 0.29) is 29.5 Å². The summed E-state index contributed by atoms with van der Waals surface area (Å²) in [7, 11) is 2.86. The van der Waals surface area contributed by atoms with Crippen LogP contribution in [0.2, 0.25) is 0 Å². The fraction of sp³-hybridized carbons (Fsp3) is 0.353. The number of carbonyl (C=O) groups excluding carboxylic acids is 1. The molecule has 2 aromatic rings. The number of furan rings is 1. The van der Waals surface area contributed by atoms with Crippen molar-refractivity contribution in [2.24, 2.45) is 0 Å². The number of alkyl halides is 2. The van der Waals surface area contributed by atoms with Gasteiger partial charge in [-0.2, -0.15) is 8.78 Å². The molecule has 1 aromatic heterocycles. The second-order valence-electron chi connectivity index (χ2n) is 5.04. The summed E-state index contributed by atoms with van der Waals surface area (Å²) in [6, 6.07) is 7.59. The fourth-order valence-corrected chi connectivity index (χ4v) is 2.22. The SMILES string of the molecule is COCCN(Cc1ccco1)C(=O)c1ccc(OC)c(OC(F)F)c1. The highest BCUT2D eigenvalue weighted by atomic mass is 19.3. The smallest absolute Gasteiger partial charge is 0.387 e. The van der Waals surface area contributed by atoms with Gasteiger partial charge in [-0.15, -0.1) is 0 Å². The van der Waals surface area contributed by atoms with Crippen molar-refractivity contribution in [2.75, 3.05) is 27.4 Å². The first-order valence-corrected chi connectivity index (χ1v) is 7.48. The van der Waals surface area contributed by atoms with Gasteiger partial charge in [0, 0.05) is 19.2 Å². The van der Waals surface area contributed by atoms with Crippen molar-refractivity contribution in [3.05, 3.63) is 47.9 Å². The summed E-state index contributed by atoms with van der Waals surface area (Å²) in [5, 5.41) is 0. The Morgan fingerprint density at radius 2 is 2.04 bits per heavy atom. The van der Waals surface area contributed by atoms with Crippen LogP contribution in [-0.4, -0.2) is 44.8 Å². The summed E-state index contributed by atoms with van der Waals surface area (Å²) >= 11 is 0. The molecular formula is C17H19F2NO5. The zero-order valence-electron chi connectivity index (χ0n) is 13.9. The molecule has 0 saturated heterocycles. The molecule has 8 heteroatoms. The lowest BCUT2D eigenvalue weighted by molar-refractivity contribution is -0.0512. The van der Waals surface area contributed by atoms with E-state index in [1.807, 2.05) is 0 Å². The Kier molecular flexibility index (Phi) is 6.76. The minimum atomic E-state index is -3.02. The normalized spacial score (nSPS) is 10.8. The van der Waals surface area contributed by atoms with E-state index in [4.69, 9.17) is 13.9 Å². The van der Waals surface area contributed by atoms with Crippen LogP contribution < -0.4 is 9.47 Å². The van der Waals surface area contributed by atoms with Gasteiger partial charge in [0.25, 0.3) is 5.91 Å². The molecule has 0 unspecified atom stereocenters. The second-order valence-corrected chi connectivity index (χ2v) is 5.04. The van der Waals surface area contributed by atoms with Crippen molar-refractivity contribution in [2.45, 2.75) is 13.2 Å². The number of hydrogen-bond acceptors (Lipinski definition) is 5. The number of carbonyl (C=O) groups is 1. The van der Waals surface area contributed by atoms with E-state index in [9.17, 15) is 13.6 Å². The van der Waals surface area contributed by atoms with Gasteiger partial charge < -0.3 is 23.5 Å². The molecule has 0 spiro atoms. The Labute approximate surface area is 143 Å². The van der Waals surface area contributed by atoms with Crippen LogP contribution in [-0.2, 0) is 11.3 Å². The standard InChI is InChI=1S/C17H19F2NO5/c1-22-9-7-20(11-13-4-3-8-24-13)16(21)12-5-6-14(23-2)15(10-12)25-17(18)19/h3-6,8,10,17H,7,9,11H2,1-2H3. The lowest BCUT2D eigenvalue weighted by Crippen LogP contribution is -2.33. The third-order valence-corrected chi connectivity index (χ3v) is 3.41. The molecule has 6 nitrogen and oxygen atoms in total. The Morgan fingerprint density at radius 3 is 2.64 bits per heavy atom. The van der Waals surface area contributed by atoms with E-state index < -0.39 is 6.61 Å². The average Bonchev–Trinajstić information content (AvgIpc) is 3.10. The van der Waals surface area contributed by atoms with Gasteiger partial charge in [0.05, 0.1) is 26.5 Å². The number of halogens is 2. The molecule has 136 valence electrons. The summed E-state index contributed by atoms with van der Waals surface area (Å²) in [5.74, 6) is 0.150. The van der Waals surface area contributed by atoms with E-state index in [1.165, 1.54) is 43.6 Å². The highest BCUT2D eigenvalue weighted by Crippen LogP contribution is 2.30. The zero-order valence-corrected chi connectivity index (χ0v) is 13.9. The lowest BCUT2D eigenvalue weighted by atomic mass is 10.1. The maximum atomic E-state index is 12.8. The van der Waals surface area contributed by atoms with Gasteiger partial charge in [-0.25, -0.2) is 0 Å². The largest absolute Gasteiger partial charge is 0.493 e. The number of methoxy groups -OCH3 is 2. The van der Waals surface area contributed by atoms with Gasteiger partial charge in [0.2, 0.25) is 0 Å². The highest BCUT2D eigenvalue weighted by molar-refractivity contribution is 5.94. The van der Waals surface area contributed by atoms with Crippen LogP contribution in [0.15, 0.2) is 41.0 Å². The Bertz CT molecular complexity index is 676. The number of benzene rings is 1. The average molecular weight is 355 g/mol. The third kappa shape index (κ3) is 5.18. The van der Waals surface area contributed by atoms with Gasteiger partial charge in [-0.05, 0) is 30.3 Å². The predicted octanol–water partition coefficient (Wildman–Crippen LogP) is 3.18. The highest BCUT2D eigenvalue weighted by Gasteiger charge is 2.20. The van der Waals surface area contributed by atoms with E-state index in [0.29, 0.717) is 18.9 Å². The Hall–Kier alpha value is -2.61. The number of rotatable bonds is 9. The molecule has 1 heterocycles. The van der Waals surface area contributed by atoms with Gasteiger partial charge in [-0.3, -0.25) is 4.79 Å². The molecular weight excluding hydrogens is 336 g/mol. The number of amides is 1. The van der Waals surface area contributed by atoms with Crippen LogP contribution in [0.3, 0.4) is 0 Å². The molecule has 0 aliphatic rings. The Balaban J connectivity index is 2.24. The third-order valence-electron chi connectivity index (χ3n) is 3.41. The maximum Gasteiger partial charge on any atom is 0.387 e. The summed E-state index contributed by atoms with van der Waals surface area (Å²) in [4.78, 5) is 14.3. The number of ether oxygens (including phenoxy) is 3. The molecule has 1 aromatic carbocycles. The Morgan fingerprint density at radius 1 is 1.24 bits per heavy atom. The van der Waals surface area contributed by atoms with Crippen molar-refractivity contribution in [1.29, 1.82) is 0 Å². The van der Waals surface area contributed by atoms with Crippen molar-refractivity contribution < 1.29 is 32.2 Å². The summed E-state index contributed by atoms with van der Waals surface area (Å²) < 4.78 is 44.8. The maximum absolute atomic E-state index is 12.8. The number of nitrogens with zero attached hydrogens (tertiary/aromatic N) is 1. The quantitative estimate of drug-likeness (QED) is 0.691. The topological polar surface area (TPSA) is 61.1 Å². The van der Waals surface area contributed by atoms with E-state index in [2.05, 4.69) is 4.74 Å². The molecule has 0 aliphatic carbocycles. The van der Waals surface area contributed by atoms with E-state index in [1.54, 1.807) is 12.1 Å². The van der Waals surface area contributed by atoms with Gasteiger partial charge in [0.1, 0.15) is 5.76 Å². The van der Waals surface area contributed by atoms with Crippen molar-refractivity contribution >= 4 is 5.91 Å². The predicted molar refractivity (Wildman–Crippen MR) is 85.0 cm³/mol. The molecule has 0 bridgehead atoms. The summed E-state index contributed by atoms with van der Waals surface area (Å²) in [5.41, 5.74) is 0.194. The first kappa shape index (κ1) is 18.7. The molecule has 0 saturated carbocycles. The van der Waals surface area contributed by atoms with Crippen molar-refractivity contribution in [3.8, 4) is 11.5 Å². The molecule has 0 N–H and O–H groups in total. The monoisotopic (exact) mass is 355 g/mol. The molecule has 0 aliphatic heterocycles. The van der Waals surface area contributed by atoms with E-state index >= 15 is 0 Å². The van der Waals surface area contributed by atoms with Crippen LogP contribution in [0.1, 0.15) is 16.1 Å². The number of hydrogen-bond donors (Lipinski definition) is 0. The molecule has 0 radical (unpaired) electrons. The van der Waals surface area contributed by atoms with Crippen LogP contribution in [0.4, 0.5) is 8.78 Å². The molecule has 0 fully saturated rings. The van der Waals surface area contributed by atoms with Crippen molar-refractivity contribution in [3.63, 3.8) is 0 Å². The van der Waals surface area contributed by atoms with Crippen LogP contribution in [0.25, 0.3) is 0 Å². The lowest BCUT2D eigenvalue weighted by Gasteiger charge is -2.22. The second kappa shape index (κ2) is 9.03.